The van der Waals surface area contributed by atoms with Gasteiger partial charge in [-0.1, -0.05) is 77.9 Å². The lowest BCUT2D eigenvalue weighted by Crippen LogP contribution is -2.40. The van der Waals surface area contributed by atoms with Crippen molar-refractivity contribution in [2.45, 2.75) is 59.7 Å². The number of ether oxygens (including phenoxy) is 1. The van der Waals surface area contributed by atoms with Crippen molar-refractivity contribution in [1.29, 1.82) is 0 Å². The fraction of sp³-hybridized carbons (Fsp3) is 0.500. The number of hydrogen-bond acceptors (Lipinski definition) is 4. The first-order valence-corrected chi connectivity index (χ1v) is 12.3. The second kappa shape index (κ2) is 8.52. The molecule has 0 heterocycles. The first kappa shape index (κ1) is 22.9. The lowest BCUT2D eigenvalue weighted by Gasteiger charge is -2.37. The van der Waals surface area contributed by atoms with Gasteiger partial charge in [0.15, 0.2) is 6.42 Å². The first-order valence-electron chi connectivity index (χ1n) is 9.54. The normalized spacial score (nSPS) is 15.7. The van der Waals surface area contributed by atoms with Crippen molar-refractivity contribution in [3.8, 4) is 5.75 Å². The molecule has 0 spiro atoms. The highest BCUT2D eigenvalue weighted by atomic mass is 32.4. The molecule has 2 aromatic carbocycles. The van der Waals surface area contributed by atoms with Gasteiger partial charge in [0, 0.05) is 10.5 Å². The SMILES string of the molecule is C[C@H](NP(=S)(Oc1cccc2ccccc12)C(C)(C)C)C(=O)OCC(C)(C)C. The quantitative estimate of drug-likeness (QED) is 0.465. The minimum absolute atomic E-state index is 0.0843. The molecule has 1 N–H and O–H groups in total. The third kappa shape index (κ3) is 5.79. The number of hydrogen-bond donors (Lipinski definition) is 1. The fourth-order valence-electron chi connectivity index (χ4n) is 2.49. The van der Waals surface area contributed by atoms with Crippen molar-refractivity contribution in [2.75, 3.05) is 6.61 Å². The standard InChI is InChI=1S/C22H32NO3PS/c1-16(20(24)25-15-21(2,3)4)23-27(28,22(5,6)7)26-19-14-10-12-17-11-8-9-13-18(17)19/h8-14,16H,15H2,1-7H3,(H,23,28)/t16-,27?/m0/s1. The lowest BCUT2D eigenvalue weighted by atomic mass is 9.99. The Morgan fingerprint density at radius 2 is 1.68 bits per heavy atom. The van der Waals surface area contributed by atoms with Crippen molar-refractivity contribution in [3.63, 3.8) is 0 Å². The second-order valence-electron chi connectivity index (χ2n) is 9.31. The van der Waals surface area contributed by atoms with Gasteiger partial charge in [-0.15, -0.1) is 0 Å². The van der Waals surface area contributed by atoms with Gasteiger partial charge in [-0.3, -0.25) is 4.79 Å². The molecule has 0 aliphatic heterocycles. The van der Waals surface area contributed by atoms with Crippen molar-refractivity contribution >= 4 is 35.0 Å². The summed E-state index contributed by atoms with van der Waals surface area (Å²) in [7, 11) is 0. The summed E-state index contributed by atoms with van der Waals surface area (Å²) in [5.74, 6) is 0.425. The van der Waals surface area contributed by atoms with Crippen LogP contribution >= 0.6 is 6.42 Å². The maximum absolute atomic E-state index is 12.5. The Morgan fingerprint density at radius 1 is 1.07 bits per heavy atom. The maximum atomic E-state index is 12.5. The topological polar surface area (TPSA) is 47.6 Å². The van der Waals surface area contributed by atoms with E-state index in [1.807, 2.05) is 84.0 Å². The summed E-state index contributed by atoms with van der Waals surface area (Å²) in [6, 6.07) is 13.4. The molecule has 0 aliphatic carbocycles. The minimum atomic E-state index is -2.62. The molecule has 0 fully saturated rings. The van der Waals surface area contributed by atoms with E-state index in [2.05, 4.69) is 5.09 Å². The van der Waals surface area contributed by atoms with E-state index in [0.29, 0.717) is 6.61 Å². The molecule has 0 aliphatic rings. The number of esters is 1. The number of benzene rings is 2. The minimum Gasteiger partial charge on any atom is -0.464 e. The summed E-state index contributed by atoms with van der Waals surface area (Å²) in [4.78, 5) is 12.5. The average Bonchev–Trinajstić information content (AvgIpc) is 2.58. The molecule has 0 saturated carbocycles. The van der Waals surface area contributed by atoms with Gasteiger partial charge in [0.2, 0.25) is 0 Å². The zero-order valence-corrected chi connectivity index (χ0v) is 19.6. The third-order valence-electron chi connectivity index (χ3n) is 4.22. The van der Waals surface area contributed by atoms with Gasteiger partial charge in [0.05, 0.1) is 6.61 Å². The van der Waals surface area contributed by atoms with E-state index < -0.39 is 12.5 Å². The molecule has 154 valence electrons. The Labute approximate surface area is 174 Å². The third-order valence-corrected chi connectivity index (χ3v) is 9.35. The van der Waals surface area contributed by atoms with Crippen LogP contribution in [0, 0.1) is 5.41 Å². The molecule has 0 saturated heterocycles. The number of carbonyl (C=O) groups excluding carboxylic acids is 1. The Kier molecular flexibility index (Phi) is 6.96. The number of rotatable bonds is 6. The van der Waals surface area contributed by atoms with E-state index in [1.165, 1.54) is 0 Å². The molecule has 6 heteroatoms. The van der Waals surface area contributed by atoms with Gasteiger partial charge in [0.1, 0.15) is 11.8 Å². The molecule has 4 nitrogen and oxygen atoms in total. The summed E-state index contributed by atoms with van der Waals surface area (Å²) >= 11 is 6.01. The van der Waals surface area contributed by atoms with Crippen LogP contribution < -0.4 is 9.61 Å². The van der Waals surface area contributed by atoms with Crippen LogP contribution in [0.2, 0.25) is 0 Å². The van der Waals surface area contributed by atoms with Gasteiger partial charge in [-0.05, 0) is 35.6 Å². The molecule has 28 heavy (non-hydrogen) atoms. The fourth-order valence-corrected chi connectivity index (χ4v) is 4.97. The number of nitrogens with one attached hydrogen (secondary N) is 1. The van der Waals surface area contributed by atoms with Crippen LogP contribution in [0.4, 0.5) is 0 Å². The summed E-state index contributed by atoms with van der Waals surface area (Å²) < 4.78 is 11.9. The van der Waals surface area contributed by atoms with Crippen LogP contribution in [-0.2, 0) is 21.3 Å². The van der Waals surface area contributed by atoms with Crippen LogP contribution in [-0.4, -0.2) is 23.8 Å². The van der Waals surface area contributed by atoms with Gasteiger partial charge < -0.3 is 9.26 Å². The van der Waals surface area contributed by atoms with Crippen molar-refractivity contribution in [3.05, 3.63) is 42.5 Å². The summed E-state index contributed by atoms with van der Waals surface area (Å²) in [6.45, 7) is 14.4. The number of fused-ring (bicyclic) bond motifs is 1. The lowest BCUT2D eigenvalue weighted by molar-refractivity contribution is -0.147. The smallest absolute Gasteiger partial charge is 0.323 e. The Morgan fingerprint density at radius 3 is 2.29 bits per heavy atom. The van der Waals surface area contributed by atoms with E-state index in [0.717, 1.165) is 16.5 Å². The van der Waals surface area contributed by atoms with E-state index >= 15 is 0 Å². The van der Waals surface area contributed by atoms with Crippen molar-refractivity contribution in [1.82, 2.24) is 5.09 Å². The van der Waals surface area contributed by atoms with Crippen LogP contribution in [0.15, 0.2) is 42.5 Å². The van der Waals surface area contributed by atoms with Crippen LogP contribution in [0.25, 0.3) is 10.8 Å². The molecule has 0 radical (unpaired) electrons. The van der Waals surface area contributed by atoms with E-state index in [4.69, 9.17) is 21.1 Å². The molecule has 1 unspecified atom stereocenters. The maximum Gasteiger partial charge on any atom is 0.323 e. The average molecular weight is 422 g/mol. The largest absolute Gasteiger partial charge is 0.464 e. The highest BCUT2D eigenvalue weighted by Crippen LogP contribution is 2.56. The monoisotopic (exact) mass is 421 g/mol. The molecule has 2 rings (SSSR count). The van der Waals surface area contributed by atoms with Crippen LogP contribution in [0.3, 0.4) is 0 Å². The van der Waals surface area contributed by atoms with E-state index in [1.54, 1.807) is 6.92 Å². The Balaban J connectivity index is 2.27. The van der Waals surface area contributed by atoms with Gasteiger partial charge in [0.25, 0.3) is 0 Å². The van der Waals surface area contributed by atoms with E-state index in [-0.39, 0.29) is 16.5 Å². The summed E-state index contributed by atoms with van der Waals surface area (Å²) in [5.41, 5.74) is -0.0843. The summed E-state index contributed by atoms with van der Waals surface area (Å²) in [5, 5.41) is 5.06. The Bertz CT molecular complexity index is 878. The molecule has 2 aromatic rings. The molecule has 0 aromatic heterocycles. The second-order valence-corrected chi connectivity index (χ2v) is 13.7. The first-order chi connectivity index (χ1) is 12.8. The van der Waals surface area contributed by atoms with Gasteiger partial charge in [-0.25, -0.2) is 5.09 Å². The van der Waals surface area contributed by atoms with Gasteiger partial charge in [-0.2, -0.15) is 0 Å². The van der Waals surface area contributed by atoms with Crippen molar-refractivity contribution < 1.29 is 14.1 Å². The predicted octanol–water partition coefficient (Wildman–Crippen LogP) is 5.89. The molecule has 2 atom stereocenters. The van der Waals surface area contributed by atoms with Crippen molar-refractivity contribution in [2.24, 2.45) is 5.41 Å². The molecular formula is C22H32NO3PS. The van der Waals surface area contributed by atoms with E-state index in [9.17, 15) is 4.79 Å². The highest BCUT2D eigenvalue weighted by molar-refractivity contribution is 8.12. The van der Waals surface area contributed by atoms with Crippen LogP contribution in [0.1, 0.15) is 48.5 Å². The molecule has 0 bridgehead atoms. The van der Waals surface area contributed by atoms with Crippen LogP contribution in [0.5, 0.6) is 5.75 Å². The summed E-state index contributed by atoms with van der Waals surface area (Å²) in [6.07, 6.45) is -2.62. The molecule has 0 amide bonds. The van der Waals surface area contributed by atoms with Gasteiger partial charge >= 0.3 is 5.97 Å². The zero-order chi connectivity index (χ0) is 21.2. The predicted molar refractivity (Wildman–Crippen MR) is 122 cm³/mol. The zero-order valence-electron chi connectivity index (χ0n) is 17.9. The number of carbonyl (C=O) groups is 1. The Hall–Kier alpha value is -1.42. The highest BCUT2D eigenvalue weighted by Gasteiger charge is 2.38. The molecular weight excluding hydrogens is 389 g/mol.